The number of amides is 1. The Kier molecular flexibility index (Phi) is 7.44. The Morgan fingerprint density at radius 3 is 2.00 bits per heavy atom. The van der Waals surface area contributed by atoms with Crippen LogP contribution in [0, 0.1) is 17.0 Å². The van der Waals surface area contributed by atoms with Gasteiger partial charge in [-0.2, -0.15) is 5.06 Å². The van der Waals surface area contributed by atoms with Crippen LogP contribution in [0.25, 0.3) is 11.1 Å². The van der Waals surface area contributed by atoms with Gasteiger partial charge in [0.25, 0.3) is 0 Å². The first-order valence-electron chi connectivity index (χ1n) is 14.0. The van der Waals surface area contributed by atoms with Crippen molar-refractivity contribution in [1.29, 1.82) is 0 Å². The van der Waals surface area contributed by atoms with Gasteiger partial charge in [-0.25, -0.2) is 0 Å². The second-order valence-electron chi connectivity index (χ2n) is 10.9. The number of phenols is 1. The van der Waals surface area contributed by atoms with Crippen molar-refractivity contribution < 1.29 is 54.0 Å². The molecule has 0 spiro atoms. The zero-order valence-electron chi connectivity index (χ0n) is 24.7. The van der Waals surface area contributed by atoms with E-state index in [1.165, 1.54) is 49.6 Å². The summed E-state index contributed by atoms with van der Waals surface area (Å²) in [6.45, 7) is 6.80. The predicted molar refractivity (Wildman–Crippen MR) is 154 cm³/mol. The summed E-state index contributed by atoms with van der Waals surface area (Å²) in [6.07, 6.45) is 0.679. The van der Waals surface area contributed by atoms with E-state index in [2.05, 4.69) is 0 Å². The van der Waals surface area contributed by atoms with Crippen LogP contribution in [-0.2, 0) is 19.2 Å². The summed E-state index contributed by atoms with van der Waals surface area (Å²) in [4.78, 5) is 49.7. The molecule has 0 aromatic heterocycles. The molecule has 44 heavy (non-hydrogen) atoms. The van der Waals surface area contributed by atoms with E-state index in [9.17, 15) is 40.0 Å². The molecule has 0 radical (unpaired) electrons. The van der Waals surface area contributed by atoms with Crippen LogP contribution in [0.1, 0.15) is 51.7 Å². The fourth-order valence-electron chi connectivity index (χ4n) is 5.64. The second-order valence-corrected chi connectivity index (χ2v) is 10.9. The summed E-state index contributed by atoms with van der Waals surface area (Å²) >= 11 is 0. The van der Waals surface area contributed by atoms with Crippen LogP contribution in [0.3, 0.4) is 0 Å². The first-order valence-corrected chi connectivity index (χ1v) is 14.0. The van der Waals surface area contributed by atoms with Crippen LogP contribution in [0.2, 0.25) is 0 Å². The van der Waals surface area contributed by atoms with E-state index in [1.807, 2.05) is 0 Å². The van der Waals surface area contributed by atoms with E-state index in [1.54, 1.807) is 27.7 Å². The summed E-state index contributed by atoms with van der Waals surface area (Å²) in [5.74, 6) is -7.65. The third-order valence-electron chi connectivity index (χ3n) is 8.44. The minimum Gasteiger partial charge on any atom is -0.578 e. The number of carbonyl (C=O) groups excluding carboxylic acids is 3. The molecule has 2 aromatic carbocycles. The Balaban J connectivity index is 1.65. The molecule has 0 bridgehead atoms. The number of hydroxylamine groups is 6. The highest BCUT2D eigenvalue weighted by atomic mass is 17.0. The fraction of sp³-hybridized carbons (Fsp3) is 0.323. The number of aliphatic hydroxyl groups excluding tert-OH is 3. The molecule has 5 rings (SSSR count). The Labute approximate surface area is 252 Å². The molecular weight excluding hydrogens is 576 g/mol. The third-order valence-corrected chi connectivity index (χ3v) is 8.44. The van der Waals surface area contributed by atoms with Gasteiger partial charge in [0, 0.05) is 5.92 Å². The molecule has 4 atom stereocenters. The molecule has 2 aliphatic heterocycles. The van der Waals surface area contributed by atoms with E-state index in [4.69, 9.17) is 14.4 Å². The molecule has 2 aromatic rings. The summed E-state index contributed by atoms with van der Waals surface area (Å²) in [6, 6.07) is 8.78. The molecule has 0 fully saturated rings. The molecule has 1 unspecified atom stereocenters. The van der Waals surface area contributed by atoms with Gasteiger partial charge in [-0.05, 0) is 54.3 Å². The highest BCUT2D eigenvalue weighted by Crippen LogP contribution is 2.53. The minimum absolute atomic E-state index is 0.0781. The molecule has 4 N–H and O–H groups in total. The fourth-order valence-corrected chi connectivity index (χ4v) is 5.64. The van der Waals surface area contributed by atoms with Crippen LogP contribution in [0.4, 0.5) is 0 Å². The quantitative estimate of drug-likeness (QED) is 0.194. The first-order chi connectivity index (χ1) is 20.8. The highest BCUT2D eigenvalue weighted by Gasteiger charge is 2.72. The largest absolute Gasteiger partial charge is 0.578 e. The maximum absolute atomic E-state index is 14.6. The Bertz CT molecular complexity index is 1680. The SMILES string of the molecule is CC[C@H](C)C1=C(O)[N+]2([O-])Oc3ccc(C4=C(O)C(=O)C(c5ccc(O)cc5)=C(O)C4=O)cc3O[C@]2([C@@H](C)CC)C(=O)N1OC. The number of hydrogen-bond acceptors (Lipinski definition) is 11. The van der Waals surface area contributed by atoms with Crippen molar-refractivity contribution in [2.45, 2.75) is 46.3 Å². The number of Topliss-reactive ketones (excluding diaryl/α,β-unsaturated/α-hetero) is 2. The molecule has 13 nitrogen and oxygen atoms in total. The molecule has 1 amide bonds. The maximum Gasteiger partial charge on any atom is 0.374 e. The van der Waals surface area contributed by atoms with Gasteiger partial charge in [-0.3, -0.25) is 24.1 Å². The number of fused-ring (bicyclic) bond motifs is 2. The summed E-state index contributed by atoms with van der Waals surface area (Å²) in [5, 5.41) is 58.0. The molecule has 2 heterocycles. The van der Waals surface area contributed by atoms with Gasteiger partial charge in [0.1, 0.15) is 5.75 Å². The zero-order chi connectivity index (χ0) is 32.3. The van der Waals surface area contributed by atoms with Crippen molar-refractivity contribution in [2.75, 3.05) is 7.11 Å². The van der Waals surface area contributed by atoms with Crippen LogP contribution < -0.4 is 9.57 Å². The lowest BCUT2D eigenvalue weighted by Gasteiger charge is -2.56. The second kappa shape index (κ2) is 10.7. The van der Waals surface area contributed by atoms with Crippen LogP contribution in [0.15, 0.2) is 65.6 Å². The summed E-state index contributed by atoms with van der Waals surface area (Å²) < 4.78 is 6.18. The van der Waals surface area contributed by atoms with E-state index in [-0.39, 0.29) is 40.5 Å². The van der Waals surface area contributed by atoms with Crippen LogP contribution in [-0.4, -0.2) is 60.6 Å². The van der Waals surface area contributed by atoms with Gasteiger partial charge >= 0.3 is 17.5 Å². The van der Waals surface area contributed by atoms with Gasteiger partial charge in [-0.15, -0.1) is 0 Å². The standard InChI is InChI=1S/C31H32N2O11/c1-6-15(3)24-29(39)33(41)31(16(4)7-2,30(40)32(24)42-5)43-21-14-18(10-13-20(21)44-33)23-27(37)25(35)22(26(36)28(23)38)17-8-11-19(34)12-9-17/h8-16,34-35,38-39H,6-7H2,1-5H3/t15-,16-,31+,33?/m0/s1. The van der Waals surface area contributed by atoms with Crippen LogP contribution in [0.5, 0.6) is 17.2 Å². The number of phenolic OH excluding ortho intramolecular Hbond substituents is 1. The van der Waals surface area contributed by atoms with E-state index in [0.717, 1.165) is 5.06 Å². The number of benzene rings is 2. The lowest BCUT2D eigenvalue weighted by molar-refractivity contribution is -1.08. The smallest absolute Gasteiger partial charge is 0.374 e. The molecule has 232 valence electrons. The van der Waals surface area contributed by atoms with Crippen molar-refractivity contribution in [2.24, 2.45) is 11.8 Å². The molecule has 0 saturated carbocycles. The summed E-state index contributed by atoms with van der Waals surface area (Å²) in [7, 11) is 1.21. The number of nitrogens with zero attached hydrogens (tertiary/aromatic N) is 2. The Morgan fingerprint density at radius 2 is 1.45 bits per heavy atom. The lowest BCUT2D eigenvalue weighted by Crippen LogP contribution is -2.78. The molecule has 1 aliphatic carbocycles. The van der Waals surface area contributed by atoms with E-state index < -0.39 is 68.4 Å². The molecule has 0 saturated heterocycles. The van der Waals surface area contributed by atoms with Crippen molar-refractivity contribution in [3.63, 3.8) is 0 Å². The van der Waals surface area contributed by atoms with Gasteiger partial charge in [0.15, 0.2) is 23.0 Å². The van der Waals surface area contributed by atoms with Crippen molar-refractivity contribution >= 4 is 28.6 Å². The van der Waals surface area contributed by atoms with Crippen molar-refractivity contribution in [1.82, 2.24) is 5.06 Å². The summed E-state index contributed by atoms with van der Waals surface area (Å²) in [5.41, 5.74) is -3.52. The molecule has 3 aliphatic rings. The normalized spacial score (nSPS) is 25.0. The Morgan fingerprint density at radius 1 is 0.886 bits per heavy atom. The first kappa shape index (κ1) is 30.6. The average molecular weight is 609 g/mol. The number of carbonyl (C=O) groups is 3. The van der Waals surface area contributed by atoms with Gasteiger partial charge < -0.3 is 30.4 Å². The van der Waals surface area contributed by atoms with Gasteiger partial charge in [-0.1, -0.05) is 44.6 Å². The van der Waals surface area contributed by atoms with E-state index in [0.29, 0.717) is 6.42 Å². The number of ketones is 2. The average Bonchev–Trinajstić information content (AvgIpc) is 3.01. The Hall–Kier alpha value is -4.85. The van der Waals surface area contributed by atoms with Gasteiger partial charge in [0.2, 0.25) is 17.3 Å². The zero-order valence-corrected chi connectivity index (χ0v) is 24.7. The number of rotatable bonds is 7. The number of allylic oxidation sites excluding steroid dienone is 3. The van der Waals surface area contributed by atoms with Crippen LogP contribution >= 0.6 is 0 Å². The van der Waals surface area contributed by atoms with E-state index >= 15 is 0 Å². The maximum atomic E-state index is 14.6. The topological polar surface area (TPSA) is 186 Å². The van der Waals surface area contributed by atoms with Crippen molar-refractivity contribution in [3.05, 3.63) is 81.9 Å². The molecule has 13 heteroatoms. The van der Waals surface area contributed by atoms with Gasteiger partial charge in [0.05, 0.1) is 24.2 Å². The monoisotopic (exact) mass is 608 g/mol. The number of aromatic hydroxyl groups is 1. The number of aliphatic hydroxyl groups is 3. The minimum atomic E-state index is -2.44. The highest BCUT2D eigenvalue weighted by molar-refractivity contribution is 6.46. The number of quaternary nitrogens is 1. The lowest BCUT2D eigenvalue weighted by atomic mass is 9.86. The predicted octanol–water partition coefficient (Wildman–Crippen LogP) is 4.70. The van der Waals surface area contributed by atoms with Crippen molar-refractivity contribution in [3.8, 4) is 17.2 Å². The third kappa shape index (κ3) is 4.08. The number of ether oxygens (including phenoxy) is 1. The molecular formula is C31H32N2O11. The number of hydrogen-bond donors (Lipinski definition) is 4.